The summed E-state index contributed by atoms with van der Waals surface area (Å²) in [6, 6.07) is 11.1. The number of anilines is 1. The van der Waals surface area contributed by atoms with E-state index in [1.807, 2.05) is 0 Å². The van der Waals surface area contributed by atoms with E-state index in [-0.39, 0.29) is 23.3 Å². The Hall–Kier alpha value is -3.56. The number of alkyl halides is 3. The second kappa shape index (κ2) is 7.82. The number of hydrogen-bond donors (Lipinski definition) is 2. The Labute approximate surface area is 163 Å². The van der Waals surface area contributed by atoms with Crippen molar-refractivity contribution >= 4 is 28.5 Å². The normalized spacial score (nSPS) is 11.3. The van der Waals surface area contributed by atoms with Crippen molar-refractivity contribution in [2.24, 2.45) is 7.05 Å². The zero-order valence-electron chi connectivity index (χ0n) is 15.5. The molecule has 0 unspecified atom stereocenters. The molecule has 10 heteroatoms. The van der Waals surface area contributed by atoms with Crippen LogP contribution in [-0.4, -0.2) is 28.5 Å². The van der Waals surface area contributed by atoms with Crippen LogP contribution in [-0.2, 0) is 29.4 Å². The molecular weight excluding hydrogens is 389 g/mol. The molecular formula is C19H17F3N4O3. The minimum atomic E-state index is -4.60. The number of fused-ring (bicyclic) bond motifs is 1. The van der Waals surface area contributed by atoms with Gasteiger partial charge in [-0.2, -0.15) is 13.2 Å². The van der Waals surface area contributed by atoms with E-state index in [1.165, 1.54) is 32.4 Å². The fourth-order valence-electron chi connectivity index (χ4n) is 2.82. The number of imidazole rings is 1. The Morgan fingerprint density at radius 1 is 1.14 bits per heavy atom. The molecule has 0 bridgehead atoms. The number of hydrogen-bond acceptors (Lipinski definition) is 4. The summed E-state index contributed by atoms with van der Waals surface area (Å²) in [7, 11) is 2.74. The lowest BCUT2D eigenvalue weighted by molar-refractivity contribution is -0.146. The smallest absolute Gasteiger partial charge is 0.449 e. The Bertz CT molecular complexity index is 1080. The van der Waals surface area contributed by atoms with E-state index < -0.39 is 23.8 Å². The molecule has 0 saturated heterocycles. The van der Waals surface area contributed by atoms with E-state index in [0.717, 1.165) is 4.57 Å². The molecule has 0 fully saturated rings. The summed E-state index contributed by atoms with van der Waals surface area (Å²) < 4.78 is 45.0. The standard InChI is InChI=1S/C19H17F3N4O3/c1-26-14-8-7-12(9-13(14)25-18(26)19(20,21)22)24-17(28)16(27)23-10-11-5-3-4-6-15(11)29-2/h3-9H,10H2,1-2H3,(H,23,27)(H,24,28). The summed E-state index contributed by atoms with van der Waals surface area (Å²) in [6.45, 7) is 0.0739. The van der Waals surface area contributed by atoms with Crippen LogP contribution in [0.25, 0.3) is 11.0 Å². The third-order valence-corrected chi connectivity index (χ3v) is 4.23. The van der Waals surface area contributed by atoms with Crippen molar-refractivity contribution in [3.8, 4) is 5.75 Å². The average molecular weight is 406 g/mol. The second-order valence-electron chi connectivity index (χ2n) is 6.14. The Morgan fingerprint density at radius 3 is 2.55 bits per heavy atom. The van der Waals surface area contributed by atoms with Crippen LogP contribution in [0.15, 0.2) is 42.5 Å². The van der Waals surface area contributed by atoms with Crippen molar-refractivity contribution in [2.75, 3.05) is 12.4 Å². The summed E-state index contributed by atoms with van der Waals surface area (Å²) in [4.78, 5) is 27.7. The van der Waals surface area contributed by atoms with E-state index in [2.05, 4.69) is 15.6 Å². The zero-order valence-corrected chi connectivity index (χ0v) is 15.5. The van der Waals surface area contributed by atoms with Crippen LogP contribution in [0.2, 0.25) is 0 Å². The highest BCUT2D eigenvalue weighted by molar-refractivity contribution is 6.39. The molecule has 1 heterocycles. The number of nitrogens with zero attached hydrogens (tertiary/aromatic N) is 2. The van der Waals surface area contributed by atoms with Crippen LogP contribution in [0.5, 0.6) is 5.75 Å². The Balaban J connectivity index is 1.69. The predicted octanol–water partition coefficient (Wildman–Crippen LogP) is 2.86. The maximum atomic E-state index is 13.0. The van der Waals surface area contributed by atoms with Gasteiger partial charge in [-0.15, -0.1) is 0 Å². The van der Waals surface area contributed by atoms with Gasteiger partial charge in [0.25, 0.3) is 0 Å². The van der Waals surface area contributed by atoms with Crippen molar-refractivity contribution in [3.05, 3.63) is 53.9 Å². The number of aromatic nitrogens is 2. The molecule has 3 aromatic rings. The van der Waals surface area contributed by atoms with E-state index in [0.29, 0.717) is 11.3 Å². The zero-order chi connectivity index (χ0) is 21.2. The first-order valence-electron chi connectivity index (χ1n) is 8.45. The number of benzene rings is 2. The number of amides is 2. The molecule has 2 amide bonds. The van der Waals surface area contributed by atoms with Gasteiger partial charge in [-0.1, -0.05) is 18.2 Å². The highest BCUT2D eigenvalue weighted by Crippen LogP contribution is 2.31. The van der Waals surface area contributed by atoms with E-state index in [4.69, 9.17) is 4.74 Å². The Kier molecular flexibility index (Phi) is 5.44. The molecule has 1 aromatic heterocycles. The molecule has 0 aliphatic heterocycles. The minimum Gasteiger partial charge on any atom is -0.496 e. The van der Waals surface area contributed by atoms with Crippen molar-refractivity contribution in [1.82, 2.24) is 14.9 Å². The summed E-state index contributed by atoms with van der Waals surface area (Å²) in [6.07, 6.45) is -4.60. The summed E-state index contributed by atoms with van der Waals surface area (Å²) in [5.41, 5.74) is 1.13. The minimum absolute atomic E-state index is 0.0482. The number of halogens is 3. The van der Waals surface area contributed by atoms with Gasteiger partial charge in [0.15, 0.2) is 0 Å². The number of methoxy groups -OCH3 is 1. The van der Waals surface area contributed by atoms with E-state index in [1.54, 1.807) is 24.3 Å². The second-order valence-corrected chi connectivity index (χ2v) is 6.14. The first kappa shape index (κ1) is 20.2. The molecule has 2 N–H and O–H groups in total. The van der Waals surface area contributed by atoms with Crippen LogP contribution in [0.3, 0.4) is 0 Å². The van der Waals surface area contributed by atoms with Gasteiger partial charge in [0, 0.05) is 24.8 Å². The fraction of sp³-hybridized carbons (Fsp3) is 0.211. The maximum absolute atomic E-state index is 13.0. The van der Waals surface area contributed by atoms with Gasteiger partial charge < -0.3 is 19.9 Å². The third-order valence-electron chi connectivity index (χ3n) is 4.23. The van der Waals surface area contributed by atoms with Gasteiger partial charge >= 0.3 is 18.0 Å². The van der Waals surface area contributed by atoms with Crippen LogP contribution < -0.4 is 15.4 Å². The largest absolute Gasteiger partial charge is 0.496 e. The van der Waals surface area contributed by atoms with Crippen molar-refractivity contribution in [2.45, 2.75) is 12.7 Å². The van der Waals surface area contributed by atoms with Gasteiger partial charge in [0.05, 0.1) is 18.1 Å². The number of ether oxygens (including phenoxy) is 1. The molecule has 0 aliphatic carbocycles. The lowest BCUT2D eigenvalue weighted by atomic mass is 10.2. The Morgan fingerprint density at radius 2 is 1.86 bits per heavy atom. The fourth-order valence-corrected chi connectivity index (χ4v) is 2.82. The monoisotopic (exact) mass is 406 g/mol. The summed E-state index contributed by atoms with van der Waals surface area (Å²) in [5, 5.41) is 4.82. The molecule has 3 rings (SSSR count). The van der Waals surface area contributed by atoms with Crippen LogP contribution in [0.4, 0.5) is 18.9 Å². The lowest BCUT2D eigenvalue weighted by Gasteiger charge is -2.10. The highest BCUT2D eigenvalue weighted by Gasteiger charge is 2.36. The molecule has 0 spiro atoms. The first-order chi connectivity index (χ1) is 13.7. The van der Waals surface area contributed by atoms with Crippen molar-refractivity contribution in [3.63, 3.8) is 0 Å². The lowest BCUT2D eigenvalue weighted by Crippen LogP contribution is -2.35. The topological polar surface area (TPSA) is 85.2 Å². The van der Waals surface area contributed by atoms with Gasteiger partial charge in [0.2, 0.25) is 5.82 Å². The number of aryl methyl sites for hydroxylation is 1. The summed E-state index contributed by atoms with van der Waals surface area (Å²) >= 11 is 0. The third kappa shape index (κ3) is 4.31. The number of carbonyl (C=O) groups excluding carboxylic acids is 2. The number of nitrogens with one attached hydrogen (secondary N) is 2. The molecule has 0 saturated carbocycles. The van der Waals surface area contributed by atoms with Crippen molar-refractivity contribution < 1.29 is 27.5 Å². The number of rotatable bonds is 4. The SMILES string of the molecule is COc1ccccc1CNC(=O)C(=O)Nc1ccc2c(c1)nc(C(F)(F)F)n2C. The van der Waals surface area contributed by atoms with E-state index in [9.17, 15) is 22.8 Å². The maximum Gasteiger partial charge on any atom is 0.449 e. The molecule has 0 radical (unpaired) electrons. The van der Waals surface area contributed by atoms with Crippen molar-refractivity contribution in [1.29, 1.82) is 0 Å². The number of carbonyl (C=O) groups is 2. The molecule has 2 aromatic carbocycles. The highest BCUT2D eigenvalue weighted by atomic mass is 19.4. The molecule has 0 aliphatic rings. The average Bonchev–Trinajstić information content (AvgIpc) is 3.02. The first-order valence-corrected chi connectivity index (χ1v) is 8.45. The number of para-hydroxylation sites is 1. The molecule has 152 valence electrons. The quantitative estimate of drug-likeness (QED) is 0.653. The van der Waals surface area contributed by atoms with Crippen LogP contribution in [0, 0.1) is 0 Å². The van der Waals surface area contributed by atoms with Gasteiger partial charge in [-0.25, -0.2) is 4.98 Å². The van der Waals surface area contributed by atoms with E-state index >= 15 is 0 Å². The van der Waals surface area contributed by atoms with Crippen LogP contribution >= 0.6 is 0 Å². The van der Waals surface area contributed by atoms with Gasteiger partial charge in [0.1, 0.15) is 5.75 Å². The van der Waals surface area contributed by atoms with Gasteiger partial charge in [-0.3, -0.25) is 9.59 Å². The molecule has 29 heavy (non-hydrogen) atoms. The summed E-state index contributed by atoms with van der Waals surface area (Å²) in [5.74, 6) is -2.33. The van der Waals surface area contributed by atoms with Gasteiger partial charge in [-0.05, 0) is 24.3 Å². The van der Waals surface area contributed by atoms with Crippen LogP contribution in [0.1, 0.15) is 11.4 Å². The predicted molar refractivity (Wildman–Crippen MR) is 99.2 cm³/mol. The molecule has 0 atom stereocenters. The molecule has 7 nitrogen and oxygen atoms in total.